The van der Waals surface area contributed by atoms with Gasteiger partial charge in [0.25, 0.3) is 0 Å². The number of halogens is 1. The number of likely N-dealkylation sites (N-methyl/N-ethyl adjacent to an activating group) is 1. The summed E-state index contributed by atoms with van der Waals surface area (Å²) in [6.45, 7) is 5.42. The zero-order valence-electron chi connectivity index (χ0n) is 14.4. The number of amides is 1. The van der Waals surface area contributed by atoms with Gasteiger partial charge in [-0.2, -0.15) is 0 Å². The van der Waals surface area contributed by atoms with Crippen LogP contribution in [-0.2, 0) is 4.79 Å². The molecule has 1 amide bonds. The molecule has 6 nitrogen and oxygen atoms in total. The van der Waals surface area contributed by atoms with Crippen LogP contribution in [-0.4, -0.2) is 62.1 Å². The standard InChI is InChI=1S/C16H31N5O.HI/c1-3-17-16(20-13-8-9-15(22)19-12-13)18-10-11-21(2)14-6-4-5-7-14;/h13-14H,3-12H2,1-2H3,(H,19,22)(H2,17,18,20);1H. The van der Waals surface area contributed by atoms with Gasteiger partial charge < -0.3 is 20.9 Å². The van der Waals surface area contributed by atoms with E-state index in [1.165, 1.54) is 25.7 Å². The molecule has 0 spiro atoms. The third-order valence-electron chi connectivity index (χ3n) is 4.62. The van der Waals surface area contributed by atoms with Crippen LogP contribution in [0.1, 0.15) is 45.4 Å². The molecule has 0 aromatic heterocycles. The Kier molecular flexibility index (Phi) is 9.85. The molecule has 2 fully saturated rings. The second-order valence-electron chi connectivity index (χ2n) is 6.36. The van der Waals surface area contributed by atoms with Crippen LogP contribution in [0.5, 0.6) is 0 Å². The summed E-state index contributed by atoms with van der Waals surface area (Å²) in [6, 6.07) is 1.03. The van der Waals surface area contributed by atoms with Crippen molar-refractivity contribution in [3.8, 4) is 0 Å². The normalized spacial score (nSPS) is 22.7. The predicted molar refractivity (Wildman–Crippen MR) is 105 cm³/mol. The van der Waals surface area contributed by atoms with Crippen LogP contribution in [0.2, 0.25) is 0 Å². The number of piperidine rings is 1. The van der Waals surface area contributed by atoms with Crippen molar-refractivity contribution in [3.63, 3.8) is 0 Å². The Hall–Kier alpha value is -0.570. The molecule has 3 N–H and O–H groups in total. The third-order valence-corrected chi connectivity index (χ3v) is 4.62. The average Bonchev–Trinajstić information content (AvgIpc) is 3.04. The van der Waals surface area contributed by atoms with E-state index >= 15 is 0 Å². The van der Waals surface area contributed by atoms with Gasteiger partial charge >= 0.3 is 0 Å². The first-order valence-corrected chi connectivity index (χ1v) is 8.71. The lowest BCUT2D eigenvalue weighted by atomic mass is 10.1. The molecule has 7 heteroatoms. The Balaban J connectivity index is 0.00000264. The second kappa shape index (κ2) is 11.1. The smallest absolute Gasteiger partial charge is 0.220 e. The molecule has 1 atom stereocenters. The first-order chi connectivity index (χ1) is 10.7. The highest BCUT2D eigenvalue weighted by atomic mass is 127. The summed E-state index contributed by atoms with van der Waals surface area (Å²) in [4.78, 5) is 18.3. The molecule has 1 aliphatic heterocycles. The summed E-state index contributed by atoms with van der Waals surface area (Å²) in [5.41, 5.74) is 0. The number of rotatable bonds is 6. The maximum absolute atomic E-state index is 11.2. The van der Waals surface area contributed by atoms with Crippen molar-refractivity contribution >= 4 is 35.8 Å². The summed E-state index contributed by atoms with van der Waals surface area (Å²) in [5.74, 6) is 1.02. The monoisotopic (exact) mass is 437 g/mol. The first kappa shape index (κ1) is 20.5. The topological polar surface area (TPSA) is 68.8 Å². The molecule has 134 valence electrons. The Labute approximate surface area is 157 Å². The summed E-state index contributed by atoms with van der Waals surface area (Å²) in [6.07, 6.45) is 6.88. The van der Waals surface area contributed by atoms with Crippen LogP contribution >= 0.6 is 24.0 Å². The van der Waals surface area contributed by atoms with E-state index < -0.39 is 0 Å². The van der Waals surface area contributed by atoms with Crippen molar-refractivity contribution in [1.82, 2.24) is 20.9 Å². The van der Waals surface area contributed by atoms with Crippen LogP contribution in [0.25, 0.3) is 0 Å². The van der Waals surface area contributed by atoms with Gasteiger partial charge in [0.2, 0.25) is 5.91 Å². The zero-order valence-corrected chi connectivity index (χ0v) is 16.8. The average molecular weight is 437 g/mol. The molecule has 2 aliphatic rings. The van der Waals surface area contributed by atoms with Crippen LogP contribution < -0.4 is 16.0 Å². The fraction of sp³-hybridized carbons (Fsp3) is 0.875. The van der Waals surface area contributed by atoms with Gasteiger partial charge in [-0.15, -0.1) is 24.0 Å². The molecule has 1 aliphatic carbocycles. The van der Waals surface area contributed by atoms with Gasteiger partial charge in [0.15, 0.2) is 5.96 Å². The fourth-order valence-corrected chi connectivity index (χ4v) is 3.22. The lowest BCUT2D eigenvalue weighted by Gasteiger charge is -2.26. The SMILES string of the molecule is CCNC(=NCCN(C)C1CCCC1)NC1CCC(=O)NC1.I. The minimum atomic E-state index is 0. The molecular formula is C16H32IN5O. The van der Waals surface area contributed by atoms with Crippen molar-refractivity contribution in [1.29, 1.82) is 0 Å². The first-order valence-electron chi connectivity index (χ1n) is 8.71. The van der Waals surface area contributed by atoms with Gasteiger partial charge in [-0.1, -0.05) is 12.8 Å². The second-order valence-corrected chi connectivity index (χ2v) is 6.36. The fourth-order valence-electron chi connectivity index (χ4n) is 3.22. The van der Waals surface area contributed by atoms with Gasteiger partial charge in [0.05, 0.1) is 6.54 Å². The number of hydrogen-bond acceptors (Lipinski definition) is 3. The largest absolute Gasteiger partial charge is 0.357 e. The number of nitrogens with one attached hydrogen (secondary N) is 3. The Bertz CT molecular complexity index is 375. The summed E-state index contributed by atoms with van der Waals surface area (Å²) in [5, 5.41) is 9.62. The third kappa shape index (κ3) is 7.24. The van der Waals surface area contributed by atoms with Crippen molar-refractivity contribution in [2.75, 3.05) is 33.2 Å². The molecule has 0 radical (unpaired) electrons. The summed E-state index contributed by atoms with van der Waals surface area (Å²) >= 11 is 0. The number of aliphatic imine (C=N–C) groups is 1. The molecule has 1 unspecified atom stereocenters. The van der Waals surface area contributed by atoms with Gasteiger partial charge in [-0.25, -0.2) is 0 Å². The maximum atomic E-state index is 11.2. The number of nitrogens with zero attached hydrogens (tertiary/aromatic N) is 2. The van der Waals surface area contributed by atoms with Crippen LogP contribution in [0.3, 0.4) is 0 Å². The van der Waals surface area contributed by atoms with Crippen molar-refractivity contribution in [2.24, 2.45) is 4.99 Å². The lowest BCUT2D eigenvalue weighted by molar-refractivity contribution is -0.122. The molecule has 0 aromatic carbocycles. The van der Waals surface area contributed by atoms with E-state index in [0.29, 0.717) is 13.0 Å². The van der Waals surface area contributed by atoms with Gasteiger partial charge in [-0.3, -0.25) is 9.79 Å². The highest BCUT2D eigenvalue weighted by Gasteiger charge is 2.20. The number of carbonyl (C=O) groups is 1. The van der Waals surface area contributed by atoms with Crippen LogP contribution in [0.4, 0.5) is 0 Å². The summed E-state index contributed by atoms with van der Waals surface area (Å²) in [7, 11) is 2.21. The molecule has 1 saturated heterocycles. The van der Waals surface area contributed by atoms with Crippen molar-refractivity contribution < 1.29 is 4.79 Å². The number of guanidine groups is 1. The minimum Gasteiger partial charge on any atom is -0.357 e. The van der Waals surface area contributed by atoms with Crippen molar-refractivity contribution in [3.05, 3.63) is 0 Å². The Morgan fingerprint density at radius 1 is 1.35 bits per heavy atom. The summed E-state index contributed by atoms with van der Waals surface area (Å²) < 4.78 is 0. The van der Waals surface area contributed by atoms with Gasteiger partial charge in [0.1, 0.15) is 0 Å². The molecular weight excluding hydrogens is 405 g/mol. The van der Waals surface area contributed by atoms with E-state index in [2.05, 4.69) is 39.8 Å². The van der Waals surface area contributed by atoms with Crippen LogP contribution in [0.15, 0.2) is 4.99 Å². The van der Waals surface area contributed by atoms with E-state index in [1.807, 2.05) is 0 Å². The maximum Gasteiger partial charge on any atom is 0.220 e. The van der Waals surface area contributed by atoms with E-state index in [-0.39, 0.29) is 35.9 Å². The van der Waals surface area contributed by atoms with E-state index in [9.17, 15) is 4.79 Å². The van der Waals surface area contributed by atoms with Crippen LogP contribution in [0, 0.1) is 0 Å². The Morgan fingerprint density at radius 2 is 2.09 bits per heavy atom. The predicted octanol–water partition coefficient (Wildman–Crippen LogP) is 1.31. The van der Waals surface area contributed by atoms with Gasteiger partial charge in [0, 0.05) is 38.1 Å². The highest BCUT2D eigenvalue weighted by molar-refractivity contribution is 14.0. The molecule has 2 rings (SSSR count). The minimum absolute atomic E-state index is 0. The van der Waals surface area contributed by atoms with E-state index in [0.717, 1.165) is 38.1 Å². The molecule has 1 saturated carbocycles. The molecule has 23 heavy (non-hydrogen) atoms. The quantitative estimate of drug-likeness (QED) is 0.333. The van der Waals surface area contributed by atoms with E-state index in [1.54, 1.807) is 0 Å². The van der Waals surface area contributed by atoms with E-state index in [4.69, 9.17) is 0 Å². The highest BCUT2D eigenvalue weighted by Crippen LogP contribution is 2.21. The molecule has 0 bridgehead atoms. The van der Waals surface area contributed by atoms with Gasteiger partial charge in [-0.05, 0) is 33.2 Å². The lowest BCUT2D eigenvalue weighted by Crippen LogP contribution is -2.51. The Morgan fingerprint density at radius 3 is 2.70 bits per heavy atom. The van der Waals surface area contributed by atoms with Crippen molar-refractivity contribution in [2.45, 2.75) is 57.5 Å². The molecule has 1 heterocycles. The zero-order chi connectivity index (χ0) is 15.8. The molecule has 0 aromatic rings. The number of carbonyl (C=O) groups excluding carboxylic acids is 1. The number of hydrogen-bond donors (Lipinski definition) is 3.